The Labute approximate surface area is 136 Å². The normalized spacial score (nSPS) is 17.7. The fourth-order valence-electron chi connectivity index (χ4n) is 2.77. The summed E-state index contributed by atoms with van der Waals surface area (Å²) in [4.78, 5) is 4.41. The molecule has 1 atom stereocenters. The van der Waals surface area contributed by atoms with Gasteiger partial charge in [0.15, 0.2) is 0 Å². The average Bonchev–Trinajstić information content (AvgIpc) is 2.88. The van der Waals surface area contributed by atoms with Gasteiger partial charge in [-0.05, 0) is 50.1 Å². The van der Waals surface area contributed by atoms with Gasteiger partial charge in [0.25, 0.3) is 0 Å². The summed E-state index contributed by atoms with van der Waals surface area (Å²) in [5.74, 6) is 0.655. The molecule has 0 spiro atoms. The second-order valence-corrected chi connectivity index (χ2v) is 5.18. The minimum atomic E-state index is -0.202. The molecule has 1 aromatic carbocycles. The molecule has 0 bridgehead atoms. The first kappa shape index (κ1) is 18.0. The van der Waals surface area contributed by atoms with E-state index < -0.39 is 0 Å². The minimum absolute atomic E-state index is 0. The highest BCUT2D eigenvalue weighted by molar-refractivity contribution is 5.85. The van der Waals surface area contributed by atoms with Crippen molar-refractivity contribution in [3.63, 3.8) is 0 Å². The number of aromatic nitrogens is 2. The van der Waals surface area contributed by atoms with Crippen molar-refractivity contribution >= 4 is 24.8 Å². The van der Waals surface area contributed by atoms with Gasteiger partial charge in [-0.15, -0.1) is 24.8 Å². The molecule has 116 valence electrons. The van der Waals surface area contributed by atoms with Crippen LogP contribution < -0.4 is 5.32 Å². The van der Waals surface area contributed by atoms with Crippen LogP contribution in [0.3, 0.4) is 0 Å². The van der Waals surface area contributed by atoms with Gasteiger partial charge in [-0.1, -0.05) is 0 Å². The maximum Gasteiger partial charge on any atom is 0.140 e. The van der Waals surface area contributed by atoms with Crippen LogP contribution in [0.5, 0.6) is 0 Å². The van der Waals surface area contributed by atoms with Gasteiger partial charge in [0.2, 0.25) is 0 Å². The van der Waals surface area contributed by atoms with E-state index in [2.05, 4.69) is 14.9 Å². The predicted molar refractivity (Wildman–Crippen MR) is 88.0 cm³/mol. The first-order valence-corrected chi connectivity index (χ1v) is 6.75. The van der Waals surface area contributed by atoms with Crippen LogP contribution in [0.1, 0.15) is 24.4 Å². The second kappa shape index (κ2) is 7.78. The number of hydrogen-bond acceptors (Lipinski definition) is 2. The van der Waals surface area contributed by atoms with Crippen LogP contribution in [0.25, 0.3) is 11.4 Å². The lowest BCUT2D eigenvalue weighted by Crippen LogP contribution is -2.31. The highest BCUT2D eigenvalue weighted by Gasteiger charge is 2.18. The Morgan fingerprint density at radius 3 is 2.76 bits per heavy atom. The van der Waals surface area contributed by atoms with Gasteiger partial charge in [0, 0.05) is 30.5 Å². The quantitative estimate of drug-likeness (QED) is 0.907. The predicted octanol–water partition coefficient (Wildman–Crippen LogP) is 3.77. The summed E-state index contributed by atoms with van der Waals surface area (Å²) < 4.78 is 15.7. The van der Waals surface area contributed by atoms with E-state index in [1.807, 2.05) is 19.2 Å². The van der Waals surface area contributed by atoms with E-state index in [0.717, 1.165) is 36.5 Å². The number of nitrogens with one attached hydrogen (secondary N) is 1. The summed E-state index contributed by atoms with van der Waals surface area (Å²) in [6.45, 7) is 3.94. The van der Waals surface area contributed by atoms with E-state index in [4.69, 9.17) is 0 Å². The molecule has 1 saturated heterocycles. The first-order valence-electron chi connectivity index (χ1n) is 6.75. The zero-order chi connectivity index (χ0) is 13.2. The molecule has 1 aliphatic rings. The number of benzene rings is 1. The van der Waals surface area contributed by atoms with Crippen molar-refractivity contribution in [2.75, 3.05) is 13.1 Å². The van der Waals surface area contributed by atoms with Crippen molar-refractivity contribution in [3.05, 3.63) is 42.0 Å². The Balaban J connectivity index is 0.00000110. The molecule has 0 radical (unpaired) electrons. The number of halogens is 3. The van der Waals surface area contributed by atoms with Crippen LogP contribution in [0.15, 0.2) is 30.6 Å². The van der Waals surface area contributed by atoms with Gasteiger partial charge in [-0.25, -0.2) is 9.37 Å². The summed E-state index contributed by atoms with van der Waals surface area (Å²) in [5, 5.41) is 3.40. The Kier molecular flexibility index (Phi) is 6.65. The number of rotatable bonds is 2. The van der Waals surface area contributed by atoms with Crippen molar-refractivity contribution in [2.45, 2.75) is 25.8 Å². The van der Waals surface area contributed by atoms with Crippen LogP contribution in [0, 0.1) is 12.7 Å². The van der Waals surface area contributed by atoms with E-state index in [9.17, 15) is 4.39 Å². The molecule has 3 rings (SSSR count). The van der Waals surface area contributed by atoms with E-state index >= 15 is 0 Å². The third-order valence-corrected chi connectivity index (χ3v) is 3.63. The van der Waals surface area contributed by atoms with E-state index in [0.29, 0.717) is 6.04 Å². The summed E-state index contributed by atoms with van der Waals surface area (Å²) in [7, 11) is 0. The molecule has 1 fully saturated rings. The Bertz CT molecular complexity index is 560. The van der Waals surface area contributed by atoms with Crippen LogP contribution in [-0.2, 0) is 0 Å². The zero-order valence-corrected chi connectivity index (χ0v) is 13.5. The van der Waals surface area contributed by atoms with Crippen molar-refractivity contribution in [1.82, 2.24) is 14.9 Å². The molecule has 6 heteroatoms. The fourth-order valence-corrected chi connectivity index (χ4v) is 2.77. The maximum absolute atomic E-state index is 13.5. The molecular weight excluding hydrogens is 312 g/mol. The molecule has 0 aliphatic carbocycles. The number of nitrogens with zero attached hydrogens (tertiary/aromatic N) is 2. The third-order valence-electron chi connectivity index (χ3n) is 3.63. The Hall–Kier alpha value is -1.10. The number of hydrogen-bond donors (Lipinski definition) is 1. The summed E-state index contributed by atoms with van der Waals surface area (Å²) in [6.07, 6.45) is 6.10. The van der Waals surface area contributed by atoms with E-state index in [-0.39, 0.29) is 30.6 Å². The van der Waals surface area contributed by atoms with Gasteiger partial charge in [0.05, 0.1) is 0 Å². The Morgan fingerprint density at radius 1 is 1.29 bits per heavy atom. The van der Waals surface area contributed by atoms with E-state index in [1.165, 1.54) is 6.42 Å². The molecule has 2 heterocycles. The lowest BCUT2D eigenvalue weighted by molar-refractivity contribution is 0.374. The number of imidazole rings is 1. The molecule has 2 aromatic rings. The van der Waals surface area contributed by atoms with Crippen molar-refractivity contribution in [1.29, 1.82) is 0 Å². The van der Waals surface area contributed by atoms with Crippen LogP contribution in [-0.4, -0.2) is 22.6 Å². The molecule has 1 N–H and O–H groups in total. The topological polar surface area (TPSA) is 29.9 Å². The first-order chi connectivity index (χ1) is 9.24. The Morgan fingerprint density at radius 2 is 2.10 bits per heavy atom. The highest BCUT2D eigenvalue weighted by atomic mass is 35.5. The molecular formula is C15H20Cl2FN3. The molecule has 1 aliphatic heterocycles. The maximum atomic E-state index is 13.5. The molecule has 3 nitrogen and oxygen atoms in total. The summed E-state index contributed by atoms with van der Waals surface area (Å²) >= 11 is 0. The van der Waals surface area contributed by atoms with Crippen molar-refractivity contribution in [3.8, 4) is 11.4 Å². The summed E-state index contributed by atoms with van der Waals surface area (Å²) in [5.41, 5.74) is 1.78. The molecule has 0 amide bonds. The zero-order valence-electron chi connectivity index (χ0n) is 11.9. The summed E-state index contributed by atoms with van der Waals surface area (Å²) in [6, 6.07) is 5.49. The second-order valence-electron chi connectivity index (χ2n) is 5.18. The lowest BCUT2D eigenvalue weighted by atomic mass is 10.1. The van der Waals surface area contributed by atoms with Crippen LogP contribution >= 0.6 is 24.8 Å². The smallest absolute Gasteiger partial charge is 0.140 e. The van der Waals surface area contributed by atoms with Crippen molar-refractivity contribution in [2.24, 2.45) is 0 Å². The molecule has 21 heavy (non-hydrogen) atoms. The van der Waals surface area contributed by atoms with Gasteiger partial charge >= 0.3 is 0 Å². The van der Waals surface area contributed by atoms with Gasteiger partial charge in [-0.3, -0.25) is 0 Å². The average molecular weight is 332 g/mol. The standard InChI is InChI=1S/C15H18FN3.2ClH/c1-11-7-12(9-13(16)8-11)15-18-5-6-19(15)14-3-2-4-17-10-14;;/h5-9,14,17H,2-4,10H2,1H3;2*1H/t14-;;/m1../s1. The molecule has 0 saturated carbocycles. The van der Waals surface area contributed by atoms with Crippen LogP contribution in [0.2, 0.25) is 0 Å². The van der Waals surface area contributed by atoms with Crippen molar-refractivity contribution < 1.29 is 4.39 Å². The largest absolute Gasteiger partial charge is 0.327 e. The number of aryl methyl sites for hydroxylation is 1. The minimum Gasteiger partial charge on any atom is -0.327 e. The fraction of sp³-hybridized carbons (Fsp3) is 0.400. The lowest BCUT2D eigenvalue weighted by Gasteiger charge is -2.25. The van der Waals surface area contributed by atoms with Gasteiger partial charge in [-0.2, -0.15) is 0 Å². The number of piperidine rings is 1. The SMILES string of the molecule is Cc1cc(F)cc(-c2nccn2[C@@H]2CCCNC2)c1.Cl.Cl. The monoisotopic (exact) mass is 331 g/mol. The molecule has 1 aromatic heterocycles. The van der Waals surface area contributed by atoms with E-state index in [1.54, 1.807) is 18.3 Å². The third kappa shape index (κ3) is 3.96. The molecule has 0 unspecified atom stereocenters. The van der Waals surface area contributed by atoms with Gasteiger partial charge in [0.1, 0.15) is 11.6 Å². The highest BCUT2D eigenvalue weighted by Crippen LogP contribution is 2.26. The van der Waals surface area contributed by atoms with Gasteiger partial charge < -0.3 is 9.88 Å². The van der Waals surface area contributed by atoms with Crippen LogP contribution in [0.4, 0.5) is 4.39 Å².